The number of nitrogens with zero attached hydrogens (tertiary/aromatic N) is 2. The molecule has 0 bridgehead atoms. The molecule has 0 fully saturated rings. The van der Waals surface area contributed by atoms with Crippen LogP contribution in [0.1, 0.15) is 22.3 Å². The lowest BCUT2D eigenvalue weighted by Crippen LogP contribution is -2.10. The fourth-order valence-electron chi connectivity index (χ4n) is 6.46. The molecule has 0 heterocycles. The standard InChI is InChI=1S/C50H44N2O4/c1-53-47-13-5-9-43(33-47)51(44-10-6-14-48(34-44)54-2)41-29-25-39(26-30-41)23-21-37-17-19-38(20-18-37)22-24-40-27-31-42(32-28-40)52(45-11-7-15-49(35-45)55-3)46-12-8-16-50(36-46)56-4/h5-36H,1-4H3/b23-21+,24-22+. The lowest BCUT2D eigenvalue weighted by Gasteiger charge is -2.26. The second kappa shape index (κ2) is 17.8. The Labute approximate surface area is 329 Å². The van der Waals surface area contributed by atoms with Crippen molar-refractivity contribution in [1.29, 1.82) is 0 Å². The van der Waals surface area contributed by atoms with Crippen LogP contribution in [0.4, 0.5) is 34.1 Å². The van der Waals surface area contributed by atoms with Crippen LogP contribution >= 0.6 is 0 Å². The van der Waals surface area contributed by atoms with Crippen LogP contribution in [0.25, 0.3) is 24.3 Å². The van der Waals surface area contributed by atoms with Gasteiger partial charge in [0.25, 0.3) is 0 Å². The maximum absolute atomic E-state index is 5.53. The molecule has 0 saturated heterocycles. The summed E-state index contributed by atoms with van der Waals surface area (Å²) in [5.41, 5.74) is 10.5. The van der Waals surface area contributed by atoms with Gasteiger partial charge in [-0.1, -0.05) is 97.1 Å². The van der Waals surface area contributed by atoms with E-state index in [4.69, 9.17) is 18.9 Å². The van der Waals surface area contributed by atoms with E-state index in [1.807, 2.05) is 72.8 Å². The third-order valence-electron chi connectivity index (χ3n) is 9.42. The van der Waals surface area contributed by atoms with Crippen molar-refractivity contribution in [2.24, 2.45) is 0 Å². The Morgan fingerprint density at radius 3 is 0.750 bits per heavy atom. The molecule has 56 heavy (non-hydrogen) atoms. The molecule has 0 aliphatic heterocycles. The van der Waals surface area contributed by atoms with E-state index in [0.29, 0.717) is 0 Å². The van der Waals surface area contributed by atoms with Crippen molar-refractivity contribution in [1.82, 2.24) is 0 Å². The van der Waals surface area contributed by atoms with Crippen LogP contribution in [0.15, 0.2) is 170 Å². The van der Waals surface area contributed by atoms with Gasteiger partial charge in [-0.3, -0.25) is 0 Å². The van der Waals surface area contributed by atoms with Gasteiger partial charge in [-0.25, -0.2) is 0 Å². The quantitative estimate of drug-likeness (QED) is 0.104. The second-order valence-electron chi connectivity index (χ2n) is 13.0. The predicted octanol–water partition coefficient (Wildman–Crippen LogP) is 13.0. The maximum atomic E-state index is 5.53. The van der Waals surface area contributed by atoms with Gasteiger partial charge in [0, 0.05) is 58.4 Å². The molecule has 0 aromatic heterocycles. The van der Waals surface area contributed by atoms with Gasteiger partial charge < -0.3 is 28.7 Å². The molecule has 0 radical (unpaired) electrons. The Morgan fingerprint density at radius 2 is 0.518 bits per heavy atom. The van der Waals surface area contributed by atoms with Gasteiger partial charge in [-0.05, 0) is 95.1 Å². The van der Waals surface area contributed by atoms with Gasteiger partial charge in [-0.2, -0.15) is 0 Å². The van der Waals surface area contributed by atoms with E-state index in [1.54, 1.807) is 28.4 Å². The molecule has 7 rings (SSSR count). The summed E-state index contributed by atoms with van der Waals surface area (Å²) >= 11 is 0. The molecule has 0 aliphatic carbocycles. The molecule has 7 aromatic carbocycles. The Kier molecular flexibility index (Phi) is 11.8. The fourth-order valence-corrected chi connectivity index (χ4v) is 6.46. The summed E-state index contributed by atoms with van der Waals surface area (Å²) in [7, 11) is 6.74. The van der Waals surface area contributed by atoms with Crippen LogP contribution in [0.2, 0.25) is 0 Å². The minimum Gasteiger partial charge on any atom is -0.497 e. The number of anilines is 6. The highest BCUT2D eigenvalue weighted by Crippen LogP contribution is 2.39. The number of hydrogen-bond acceptors (Lipinski definition) is 6. The van der Waals surface area contributed by atoms with Crippen LogP contribution in [-0.4, -0.2) is 28.4 Å². The average Bonchev–Trinajstić information content (AvgIpc) is 3.26. The minimum absolute atomic E-state index is 0.795. The number of rotatable bonds is 14. The van der Waals surface area contributed by atoms with Gasteiger partial charge in [-0.15, -0.1) is 0 Å². The normalized spacial score (nSPS) is 11.1. The van der Waals surface area contributed by atoms with Crippen LogP contribution in [-0.2, 0) is 0 Å². The monoisotopic (exact) mass is 736 g/mol. The van der Waals surface area contributed by atoms with E-state index >= 15 is 0 Å². The zero-order valence-corrected chi connectivity index (χ0v) is 32.0. The number of hydrogen-bond donors (Lipinski definition) is 0. The molecule has 0 atom stereocenters. The maximum Gasteiger partial charge on any atom is 0.120 e. The summed E-state index contributed by atoms with van der Waals surface area (Å²) < 4.78 is 22.1. The van der Waals surface area contributed by atoms with Gasteiger partial charge >= 0.3 is 0 Å². The van der Waals surface area contributed by atoms with E-state index in [0.717, 1.165) is 79.4 Å². The Hall–Kier alpha value is -7.18. The van der Waals surface area contributed by atoms with Crippen LogP contribution in [0.3, 0.4) is 0 Å². The lowest BCUT2D eigenvalue weighted by atomic mass is 10.1. The molecule has 0 amide bonds. The fraction of sp³-hybridized carbons (Fsp3) is 0.0800. The highest BCUT2D eigenvalue weighted by atomic mass is 16.5. The van der Waals surface area contributed by atoms with Crippen molar-refractivity contribution < 1.29 is 18.9 Å². The summed E-state index contributed by atoms with van der Waals surface area (Å²) in [4.78, 5) is 4.39. The Balaban J connectivity index is 1.04. The van der Waals surface area contributed by atoms with E-state index in [1.165, 1.54) is 0 Å². The van der Waals surface area contributed by atoms with Crippen molar-refractivity contribution in [2.75, 3.05) is 38.2 Å². The van der Waals surface area contributed by atoms with E-state index in [2.05, 4.69) is 131 Å². The molecule has 0 saturated carbocycles. The van der Waals surface area contributed by atoms with Crippen molar-refractivity contribution in [2.45, 2.75) is 0 Å². The molecule has 7 aromatic rings. The zero-order valence-electron chi connectivity index (χ0n) is 32.0. The molecule has 0 unspecified atom stereocenters. The zero-order chi connectivity index (χ0) is 38.7. The van der Waals surface area contributed by atoms with Crippen molar-refractivity contribution in [3.05, 3.63) is 192 Å². The molecule has 278 valence electrons. The molecule has 0 aliphatic rings. The third kappa shape index (κ3) is 8.95. The smallest absolute Gasteiger partial charge is 0.120 e. The summed E-state index contributed by atoms with van der Waals surface area (Å²) in [6, 6.07) is 57.9. The first-order valence-electron chi connectivity index (χ1n) is 18.4. The number of benzene rings is 7. The van der Waals surface area contributed by atoms with E-state index < -0.39 is 0 Å². The Morgan fingerprint density at radius 1 is 0.286 bits per heavy atom. The van der Waals surface area contributed by atoms with Gasteiger partial charge in [0.1, 0.15) is 23.0 Å². The molecular weight excluding hydrogens is 693 g/mol. The number of methoxy groups -OCH3 is 4. The third-order valence-corrected chi connectivity index (χ3v) is 9.42. The summed E-state index contributed by atoms with van der Waals surface area (Å²) in [6.45, 7) is 0. The van der Waals surface area contributed by atoms with Gasteiger partial charge in [0.05, 0.1) is 28.4 Å². The first kappa shape index (κ1) is 37.1. The van der Waals surface area contributed by atoms with Crippen molar-refractivity contribution in [3.8, 4) is 23.0 Å². The second-order valence-corrected chi connectivity index (χ2v) is 13.0. The SMILES string of the molecule is COc1cccc(N(c2ccc(/C=C/c3ccc(/C=C/c4ccc(N(c5cccc(OC)c5)c5cccc(OC)c5)cc4)cc3)cc2)c2cccc(OC)c2)c1. The number of ether oxygens (including phenoxy) is 4. The highest BCUT2D eigenvalue weighted by molar-refractivity contribution is 5.81. The van der Waals surface area contributed by atoms with Crippen LogP contribution in [0.5, 0.6) is 23.0 Å². The van der Waals surface area contributed by atoms with Gasteiger partial charge in [0.2, 0.25) is 0 Å². The molecule has 6 heteroatoms. The van der Waals surface area contributed by atoms with E-state index in [-0.39, 0.29) is 0 Å². The van der Waals surface area contributed by atoms with E-state index in [9.17, 15) is 0 Å². The van der Waals surface area contributed by atoms with Crippen molar-refractivity contribution in [3.63, 3.8) is 0 Å². The largest absolute Gasteiger partial charge is 0.497 e. The first-order valence-corrected chi connectivity index (χ1v) is 18.4. The topological polar surface area (TPSA) is 43.4 Å². The first-order chi connectivity index (χ1) is 27.5. The summed E-state index contributed by atoms with van der Waals surface area (Å²) in [5.74, 6) is 3.18. The highest BCUT2D eigenvalue weighted by Gasteiger charge is 2.15. The summed E-state index contributed by atoms with van der Waals surface area (Å²) in [5, 5.41) is 0. The predicted molar refractivity (Wildman–Crippen MR) is 233 cm³/mol. The Bertz CT molecular complexity index is 2150. The molecule has 6 nitrogen and oxygen atoms in total. The molecule has 0 spiro atoms. The molecular formula is C50H44N2O4. The van der Waals surface area contributed by atoms with Crippen LogP contribution < -0.4 is 28.7 Å². The van der Waals surface area contributed by atoms with Gasteiger partial charge in [0.15, 0.2) is 0 Å². The van der Waals surface area contributed by atoms with Crippen molar-refractivity contribution >= 4 is 58.4 Å². The molecule has 0 N–H and O–H groups in total. The lowest BCUT2D eigenvalue weighted by molar-refractivity contribution is 0.414. The average molecular weight is 737 g/mol. The van der Waals surface area contributed by atoms with Crippen LogP contribution in [0, 0.1) is 0 Å². The minimum atomic E-state index is 0.795. The summed E-state index contributed by atoms with van der Waals surface area (Å²) in [6.07, 6.45) is 8.55.